The van der Waals surface area contributed by atoms with Crippen LogP contribution in [0, 0.1) is 5.92 Å². The number of nitrogens with one attached hydrogen (secondary N) is 1. The van der Waals surface area contributed by atoms with Gasteiger partial charge in [-0.05, 0) is 12.3 Å². The molecule has 0 aliphatic rings. The smallest absolute Gasteiger partial charge is 0.322 e. The molecule has 0 saturated carbocycles. The molecule has 2 atom stereocenters. The maximum atomic E-state index is 11.6. The zero-order valence-electron chi connectivity index (χ0n) is 10.1. The molecule has 0 amide bonds. The lowest BCUT2D eigenvalue weighted by Crippen LogP contribution is -2.45. The molecule has 0 bridgehead atoms. The highest BCUT2D eigenvalue weighted by molar-refractivity contribution is 7.89. The molecule has 0 aliphatic carbocycles. The molecule has 0 saturated heterocycles. The Balaban J connectivity index is 4.57. The van der Waals surface area contributed by atoms with Gasteiger partial charge in [0.2, 0.25) is 10.0 Å². The quantitative estimate of drug-likeness (QED) is 0.679. The van der Waals surface area contributed by atoms with Crippen molar-refractivity contribution in [1.29, 1.82) is 0 Å². The molecule has 0 heterocycles. The molecule has 0 aromatic rings. The maximum Gasteiger partial charge on any atom is 0.322 e. The molecule has 1 unspecified atom stereocenters. The third kappa shape index (κ3) is 5.46. The monoisotopic (exact) mass is 251 g/mol. The number of hydrogen-bond donors (Lipinski definition) is 2. The minimum atomic E-state index is -3.47. The Kier molecular flexibility index (Phi) is 6.59. The molecule has 0 radical (unpaired) electrons. The van der Waals surface area contributed by atoms with Gasteiger partial charge in [-0.3, -0.25) is 4.79 Å². The van der Waals surface area contributed by atoms with Crippen molar-refractivity contribution in [2.24, 2.45) is 5.92 Å². The number of hydrogen-bond acceptors (Lipinski definition) is 3. The zero-order chi connectivity index (χ0) is 12.8. The van der Waals surface area contributed by atoms with E-state index in [9.17, 15) is 13.2 Å². The van der Waals surface area contributed by atoms with Gasteiger partial charge < -0.3 is 5.11 Å². The molecule has 16 heavy (non-hydrogen) atoms. The van der Waals surface area contributed by atoms with E-state index in [1.807, 2.05) is 13.8 Å². The fraction of sp³-hybridized carbons (Fsp3) is 0.900. The van der Waals surface area contributed by atoms with Gasteiger partial charge in [0, 0.05) is 0 Å². The van der Waals surface area contributed by atoms with Crippen LogP contribution in [-0.4, -0.2) is 31.3 Å². The van der Waals surface area contributed by atoms with Crippen LogP contribution in [-0.2, 0) is 14.8 Å². The van der Waals surface area contributed by atoms with E-state index >= 15 is 0 Å². The highest BCUT2D eigenvalue weighted by atomic mass is 32.2. The summed E-state index contributed by atoms with van der Waals surface area (Å²) >= 11 is 0. The summed E-state index contributed by atoms with van der Waals surface area (Å²) in [6.07, 6.45) is 1.93. The molecule has 0 aliphatic heterocycles. The number of aliphatic carboxylic acids is 1. The highest BCUT2D eigenvalue weighted by Crippen LogP contribution is 2.09. The van der Waals surface area contributed by atoms with E-state index in [1.54, 1.807) is 6.92 Å². The van der Waals surface area contributed by atoms with Crippen molar-refractivity contribution in [3.63, 3.8) is 0 Å². The van der Waals surface area contributed by atoms with Gasteiger partial charge in [0.1, 0.15) is 6.04 Å². The number of rotatable bonds is 8. The van der Waals surface area contributed by atoms with Gasteiger partial charge in [0.05, 0.1) is 5.75 Å². The number of carboxylic acid groups (broad SMARTS) is 1. The summed E-state index contributed by atoms with van der Waals surface area (Å²) in [6, 6.07) is -1.02. The van der Waals surface area contributed by atoms with Crippen LogP contribution in [0.15, 0.2) is 0 Å². The van der Waals surface area contributed by atoms with Gasteiger partial charge in [-0.15, -0.1) is 0 Å². The Morgan fingerprint density at radius 3 is 2.31 bits per heavy atom. The van der Waals surface area contributed by atoms with Crippen molar-refractivity contribution in [3.8, 4) is 0 Å². The second-order valence-electron chi connectivity index (χ2n) is 3.99. The maximum absolute atomic E-state index is 11.6. The molecule has 96 valence electrons. The second-order valence-corrected chi connectivity index (χ2v) is 5.87. The Bertz CT molecular complexity index is 313. The first-order chi connectivity index (χ1) is 7.34. The van der Waals surface area contributed by atoms with Crippen LogP contribution in [0.3, 0.4) is 0 Å². The Morgan fingerprint density at radius 1 is 1.38 bits per heavy atom. The zero-order valence-corrected chi connectivity index (χ0v) is 10.9. The third-order valence-electron chi connectivity index (χ3n) is 2.55. The third-order valence-corrected chi connectivity index (χ3v) is 3.99. The molecular weight excluding hydrogens is 230 g/mol. The van der Waals surface area contributed by atoms with Crippen LogP contribution in [0.5, 0.6) is 0 Å². The Hall–Kier alpha value is -0.620. The number of unbranched alkanes of at least 4 members (excludes halogenated alkanes) is 1. The average Bonchev–Trinajstić information content (AvgIpc) is 2.22. The summed E-state index contributed by atoms with van der Waals surface area (Å²) in [4.78, 5) is 10.9. The van der Waals surface area contributed by atoms with Crippen molar-refractivity contribution in [1.82, 2.24) is 4.72 Å². The summed E-state index contributed by atoms with van der Waals surface area (Å²) in [5.74, 6) is -1.34. The first kappa shape index (κ1) is 15.4. The van der Waals surface area contributed by atoms with E-state index in [2.05, 4.69) is 4.72 Å². The first-order valence-corrected chi connectivity index (χ1v) is 7.22. The normalized spacial score (nSPS) is 15.7. The summed E-state index contributed by atoms with van der Waals surface area (Å²) in [5.41, 5.74) is 0. The largest absolute Gasteiger partial charge is 0.480 e. The molecule has 0 rings (SSSR count). The van der Waals surface area contributed by atoms with Gasteiger partial charge in [-0.2, -0.15) is 0 Å². The van der Waals surface area contributed by atoms with Crippen LogP contribution in [0.2, 0.25) is 0 Å². The number of sulfonamides is 1. The molecule has 0 aromatic carbocycles. The molecular formula is C10H21NO4S. The Morgan fingerprint density at radius 2 is 1.94 bits per heavy atom. The van der Waals surface area contributed by atoms with Gasteiger partial charge >= 0.3 is 5.97 Å². The van der Waals surface area contributed by atoms with E-state index in [-0.39, 0.29) is 11.7 Å². The second kappa shape index (κ2) is 6.85. The molecule has 0 fully saturated rings. The lowest BCUT2D eigenvalue weighted by atomic mass is 10.0. The van der Waals surface area contributed by atoms with Crippen LogP contribution in [0.4, 0.5) is 0 Å². The lowest BCUT2D eigenvalue weighted by molar-refractivity contribution is -0.140. The van der Waals surface area contributed by atoms with E-state index < -0.39 is 22.0 Å². The topological polar surface area (TPSA) is 83.5 Å². The minimum absolute atomic E-state index is 0.0102. The van der Waals surface area contributed by atoms with Gasteiger partial charge in [-0.1, -0.05) is 33.6 Å². The standard InChI is InChI=1S/C10H21NO4S/c1-4-6-7-16(14,15)11-9(10(12)13)8(3)5-2/h8-9,11H,4-7H2,1-3H3,(H,12,13)/t8?,9-/m0/s1. The number of carboxylic acids is 1. The van der Waals surface area contributed by atoms with Crippen LogP contribution < -0.4 is 4.72 Å². The van der Waals surface area contributed by atoms with Gasteiger partial charge in [0.15, 0.2) is 0 Å². The van der Waals surface area contributed by atoms with Crippen molar-refractivity contribution < 1.29 is 18.3 Å². The first-order valence-electron chi connectivity index (χ1n) is 5.56. The Labute approximate surface area is 97.3 Å². The summed E-state index contributed by atoms with van der Waals surface area (Å²) in [5, 5.41) is 8.94. The lowest BCUT2D eigenvalue weighted by Gasteiger charge is -2.19. The van der Waals surface area contributed by atoms with Crippen LogP contribution in [0.25, 0.3) is 0 Å². The van der Waals surface area contributed by atoms with Crippen molar-refractivity contribution in [2.75, 3.05) is 5.75 Å². The summed E-state index contributed by atoms with van der Waals surface area (Å²) in [6.45, 7) is 5.45. The fourth-order valence-corrected chi connectivity index (χ4v) is 2.74. The van der Waals surface area contributed by atoms with E-state index in [0.717, 1.165) is 6.42 Å². The van der Waals surface area contributed by atoms with Crippen LogP contribution in [0.1, 0.15) is 40.0 Å². The van der Waals surface area contributed by atoms with Gasteiger partial charge in [-0.25, -0.2) is 13.1 Å². The predicted molar refractivity (Wildman–Crippen MR) is 62.7 cm³/mol. The van der Waals surface area contributed by atoms with Crippen molar-refractivity contribution in [2.45, 2.75) is 46.1 Å². The molecule has 6 heteroatoms. The average molecular weight is 251 g/mol. The van der Waals surface area contributed by atoms with E-state index in [1.165, 1.54) is 0 Å². The summed E-state index contributed by atoms with van der Waals surface area (Å²) < 4.78 is 25.4. The number of carbonyl (C=O) groups is 1. The molecule has 0 aromatic heterocycles. The van der Waals surface area contributed by atoms with Crippen molar-refractivity contribution >= 4 is 16.0 Å². The molecule has 2 N–H and O–H groups in total. The van der Waals surface area contributed by atoms with Gasteiger partial charge in [0.25, 0.3) is 0 Å². The van der Waals surface area contributed by atoms with Crippen LogP contribution >= 0.6 is 0 Å². The van der Waals surface area contributed by atoms with Crippen molar-refractivity contribution in [3.05, 3.63) is 0 Å². The highest BCUT2D eigenvalue weighted by Gasteiger charge is 2.27. The minimum Gasteiger partial charge on any atom is -0.480 e. The fourth-order valence-electron chi connectivity index (χ4n) is 1.23. The predicted octanol–water partition coefficient (Wildman–Crippen LogP) is 1.21. The molecule has 0 spiro atoms. The van der Waals surface area contributed by atoms with E-state index in [0.29, 0.717) is 12.8 Å². The molecule has 5 nitrogen and oxygen atoms in total. The summed E-state index contributed by atoms with van der Waals surface area (Å²) in [7, 11) is -3.47. The SMILES string of the molecule is CCCCS(=O)(=O)N[C@H](C(=O)O)C(C)CC. The van der Waals surface area contributed by atoms with E-state index in [4.69, 9.17) is 5.11 Å².